The maximum absolute atomic E-state index is 5.55. The Morgan fingerprint density at radius 3 is 2.62 bits per heavy atom. The van der Waals surface area contributed by atoms with E-state index in [2.05, 4.69) is 56.1 Å². The molecule has 7 nitrogen and oxygen atoms in total. The Kier molecular flexibility index (Phi) is 6.05. The number of anilines is 1. The van der Waals surface area contributed by atoms with Crippen molar-refractivity contribution in [2.45, 2.75) is 26.4 Å². The minimum Gasteiger partial charge on any atom is -0.496 e. The summed E-state index contributed by atoms with van der Waals surface area (Å²) in [5.74, 6) is 1.95. The van der Waals surface area contributed by atoms with Crippen molar-refractivity contribution >= 4 is 5.82 Å². The van der Waals surface area contributed by atoms with Gasteiger partial charge in [0.2, 0.25) is 0 Å². The second-order valence-corrected chi connectivity index (χ2v) is 7.33. The lowest BCUT2D eigenvalue weighted by molar-refractivity contribution is 0.249. The molecule has 7 heteroatoms. The van der Waals surface area contributed by atoms with Crippen molar-refractivity contribution in [1.29, 1.82) is 0 Å². The van der Waals surface area contributed by atoms with Crippen LogP contribution in [0.25, 0.3) is 0 Å². The summed E-state index contributed by atoms with van der Waals surface area (Å²) in [5.41, 5.74) is 3.55. The zero-order valence-corrected chi connectivity index (χ0v) is 17.2. The Labute approximate surface area is 172 Å². The monoisotopic (exact) mass is 392 g/mol. The highest BCUT2D eigenvalue weighted by Gasteiger charge is 2.19. The summed E-state index contributed by atoms with van der Waals surface area (Å²) in [6, 6.07) is 10.5. The van der Waals surface area contributed by atoms with Gasteiger partial charge in [0.1, 0.15) is 17.9 Å². The lowest BCUT2D eigenvalue weighted by atomic mass is 10.1. The van der Waals surface area contributed by atoms with Crippen LogP contribution in [0.2, 0.25) is 0 Å². The predicted molar refractivity (Wildman–Crippen MR) is 113 cm³/mol. The molecule has 0 atom stereocenters. The van der Waals surface area contributed by atoms with E-state index < -0.39 is 0 Å². The van der Waals surface area contributed by atoms with Gasteiger partial charge < -0.3 is 9.64 Å². The van der Waals surface area contributed by atoms with Crippen molar-refractivity contribution in [3.05, 3.63) is 65.9 Å². The van der Waals surface area contributed by atoms with Crippen LogP contribution in [0.5, 0.6) is 5.75 Å². The smallest absolute Gasteiger partial charge is 0.132 e. The molecule has 1 aliphatic heterocycles. The summed E-state index contributed by atoms with van der Waals surface area (Å²) in [7, 11) is 1.72. The fraction of sp³-hybridized carbons (Fsp3) is 0.409. The van der Waals surface area contributed by atoms with E-state index in [1.165, 1.54) is 5.56 Å². The van der Waals surface area contributed by atoms with E-state index in [9.17, 15) is 0 Å². The van der Waals surface area contributed by atoms with E-state index in [4.69, 9.17) is 4.74 Å². The number of nitrogens with zero attached hydrogens (tertiary/aromatic N) is 6. The summed E-state index contributed by atoms with van der Waals surface area (Å²) >= 11 is 0. The number of hydrogen-bond acceptors (Lipinski definition) is 6. The van der Waals surface area contributed by atoms with E-state index in [1.807, 2.05) is 16.9 Å². The highest BCUT2D eigenvalue weighted by Crippen LogP contribution is 2.22. The molecular formula is C22H28N6O. The zero-order chi connectivity index (χ0) is 20.1. The van der Waals surface area contributed by atoms with Crippen molar-refractivity contribution in [2.24, 2.45) is 0 Å². The quantitative estimate of drug-likeness (QED) is 0.616. The SMILES string of the molecule is CCc1cc(N2CCN(Cc3ccc(OC)c(Cn4cccn4)c3)CC2)ncn1. The van der Waals surface area contributed by atoms with E-state index >= 15 is 0 Å². The molecule has 0 N–H and O–H groups in total. The molecule has 3 aromatic rings. The number of rotatable bonds is 7. The number of hydrogen-bond donors (Lipinski definition) is 0. The van der Waals surface area contributed by atoms with Crippen LogP contribution in [0.1, 0.15) is 23.7 Å². The van der Waals surface area contributed by atoms with Crippen LogP contribution in [0.3, 0.4) is 0 Å². The van der Waals surface area contributed by atoms with Crippen LogP contribution in [0, 0.1) is 0 Å². The van der Waals surface area contributed by atoms with Gasteiger partial charge in [0.05, 0.1) is 13.7 Å². The Bertz CT molecular complexity index is 919. The molecule has 0 aliphatic carbocycles. The van der Waals surface area contributed by atoms with E-state index in [1.54, 1.807) is 19.6 Å². The third-order valence-electron chi connectivity index (χ3n) is 5.41. The fourth-order valence-corrected chi connectivity index (χ4v) is 3.77. The normalized spacial score (nSPS) is 14.9. The zero-order valence-electron chi connectivity index (χ0n) is 17.2. The van der Waals surface area contributed by atoms with E-state index in [-0.39, 0.29) is 0 Å². The molecule has 0 spiro atoms. The number of benzene rings is 1. The third-order valence-corrected chi connectivity index (χ3v) is 5.41. The number of aryl methyl sites for hydroxylation is 1. The molecule has 2 aromatic heterocycles. The van der Waals surface area contributed by atoms with Gasteiger partial charge in [-0.25, -0.2) is 9.97 Å². The van der Waals surface area contributed by atoms with Gasteiger partial charge in [-0.1, -0.05) is 13.0 Å². The summed E-state index contributed by atoms with van der Waals surface area (Å²) in [6.45, 7) is 7.78. The average Bonchev–Trinajstić information content (AvgIpc) is 3.28. The number of aromatic nitrogens is 4. The number of ether oxygens (including phenoxy) is 1. The van der Waals surface area contributed by atoms with Gasteiger partial charge in [0.25, 0.3) is 0 Å². The second kappa shape index (κ2) is 9.05. The first-order valence-electron chi connectivity index (χ1n) is 10.2. The molecule has 1 aliphatic rings. The first kappa shape index (κ1) is 19.4. The topological polar surface area (TPSA) is 59.3 Å². The van der Waals surface area contributed by atoms with E-state index in [0.717, 1.165) is 62.0 Å². The summed E-state index contributed by atoms with van der Waals surface area (Å²) in [5, 5.41) is 4.32. The summed E-state index contributed by atoms with van der Waals surface area (Å²) < 4.78 is 7.47. The van der Waals surface area contributed by atoms with Crippen molar-refractivity contribution in [2.75, 3.05) is 38.2 Å². The average molecular weight is 393 g/mol. The molecule has 4 rings (SSSR count). The summed E-state index contributed by atoms with van der Waals surface area (Å²) in [6.07, 6.45) is 6.40. The molecule has 0 bridgehead atoms. The Balaban J connectivity index is 1.38. The lowest BCUT2D eigenvalue weighted by Crippen LogP contribution is -2.46. The molecule has 1 aromatic carbocycles. The third kappa shape index (κ3) is 4.74. The Hall–Kier alpha value is -2.93. The fourth-order valence-electron chi connectivity index (χ4n) is 3.77. The molecule has 0 unspecified atom stereocenters. The predicted octanol–water partition coefficient (Wildman–Crippen LogP) is 2.61. The second-order valence-electron chi connectivity index (χ2n) is 7.33. The summed E-state index contributed by atoms with van der Waals surface area (Å²) in [4.78, 5) is 13.6. The van der Waals surface area contributed by atoms with Crippen molar-refractivity contribution in [3.63, 3.8) is 0 Å². The highest BCUT2D eigenvalue weighted by atomic mass is 16.5. The molecule has 0 radical (unpaired) electrons. The molecule has 0 amide bonds. The van der Waals surface area contributed by atoms with Crippen LogP contribution < -0.4 is 9.64 Å². The first-order chi connectivity index (χ1) is 14.2. The Morgan fingerprint density at radius 2 is 1.90 bits per heavy atom. The van der Waals surface area contributed by atoms with Crippen LogP contribution >= 0.6 is 0 Å². The highest BCUT2D eigenvalue weighted by molar-refractivity contribution is 5.40. The molecule has 1 fully saturated rings. The van der Waals surface area contributed by atoms with Gasteiger partial charge in [-0.15, -0.1) is 0 Å². The first-order valence-corrected chi connectivity index (χ1v) is 10.2. The molecular weight excluding hydrogens is 364 g/mol. The largest absolute Gasteiger partial charge is 0.496 e. The minimum atomic E-state index is 0.714. The van der Waals surface area contributed by atoms with Gasteiger partial charge in [-0.3, -0.25) is 9.58 Å². The van der Waals surface area contributed by atoms with Gasteiger partial charge >= 0.3 is 0 Å². The lowest BCUT2D eigenvalue weighted by Gasteiger charge is -2.35. The van der Waals surface area contributed by atoms with Crippen LogP contribution in [0.4, 0.5) is 5.82 Å². The van der Waals surface area contributed by atoms with Gasteiger partial charge in [-0.05, 0) is 30.2 Å². The van der Waals surface area contributed by atoms with Crippen LogP contribution in [0.15, 0.2) is 49.1 Å². The van der Waals surface area contributed by atoms with E-state index in [0.29, 0.717) is 6.54 Å². The van der Waals surface area contributed by atoms with Gasteiger partial charge in [0.15, 0.2) is 0 Å². The maximum atomic E-state index is 5.55. The Morgan fingerprint density at radius 1 is 1.03 bits per heavy atom. The van der Waals surface area contributed by atoms with Crippen molar-refractivity contribution in [1.82, 2.24) is 24.6 Å². The molecule has 3 heterocycles. The van der Waals surface area contributed by atoms with Gasteiger partial charge in [0, 0.05) is 62.4 Å². The molecule has 152 valence electrons. The minimum absolute atomic E-state index is 0.714. The van der Waals surface area contributed by atoms with Crippen molar-refractivity contribution in [3.8, 4) is 5.75 Å². The molecule has 29 heavy (non-hydrogen) atoms. The standard InChI is InChI=1S/C22H28N6O/c1-3-20-14-22(24-17-23-20)27-11-9-26(10-12-27)15-18-5-6-21(29-2)19(13-18)16-28-8-4-7-25-28/h4-8,13-14,17H,3,9-12,15-16H2,1-2H3. The maximum Gasteiger partial charge on any atom is 0.132 e. The number of piperazine rings is 1. The van der Waals surface area contributed by atoms with Crippen LogP contribution in [-0.4, -0.2) is 57.9 Å². The number of methoxy groups -OCH3 is 1. The molecule has 0 saturated carbocycles. The van der Waals surface area contributed by atoms with Gasteiger partial charge in [-0.2, -0.15) is 5.10 Å². The van der Waals surface area contributed by atoms with Crippen LogP contribution in [-0.2, 0) is 19.5 Å². The van der Waals surface area contributed by atoms with Crippen molar-refractivity contribution < 1.29 is 4.74 Å². The molecule has 1 saturated heterocycles.